The van der Waals surface area contributed by atoms with Gasteiger partial charge in [0.05, 0.1) is 0 Å². The molecule has 0 aromatic heterocycles. The van der Waals surface area contributed by atoms with Crippen LogP contribution >= 0.6 is 0 Å². The first kappa shape index (κ1) is 9.74. The van der Waals surface area contributed by atoms with Gasteiger partial charge in [0.15, 0.2) is 0 Å². The molecule has 0 heterocycles. The molecule has 0 spiro atoms. The minimum absolute atomic E-state index is 0.310. The Balaban J connectivity index is 3.73. The Kier molecular flexibility index (Phi) is 4.02. The molecular weight excluding hydrogens is 148 g/mol. The molecule has 0 radical (unpaired) electrons. The van der Waals surface area contributed by atoms with Crippen molar-refractivity contribution in [2.45, 2.75) is 19.9 Å². The Morgan fingerprint density at radius 2 is 2.09 bits per heavy atom. The summed E-state index contributed by atoms with van der Waals surface area (Å²) in [5.74, 6) is -0.310. The Hall–Kier alpha value is -1.26. The third-order valence-electron chi connectivity index (χ3n) is 1.08. The number of likely N-dealkylation sites (N-methyl/N-ethyl adjacent to an activating group) is 1. The molecule has 0 bridgehead atoms. The molecule has 2 amide bonds. The predicted octanol–water partition coefficient (Wildman–Crippen LogP) is -0.221. The molecule has 1 unspecified atom stereocenters. The van der Waals surface area contributed by atoms with Gasteiger partial charge in [-0.15, -0.1) is 0 Å². The molecule has 1 atom stereocenters. The van der Waals surface area contributed by atoms with E-state index in [2.05, 4.69) is 5.32 Å². The highest BCUT2D eigenvalue weighted by atomic mass is 16.4. The second-order valence-corrected chi connectivity index (χ2v) is 2.07. The van der Waals surface area contributed by atoms with Gasteiger partial charge in [-0.05, 0) is 13.8 Å². The molecule has 5 nitrogen and oxygen atoms in total. The molecule has 0 aromatic rings. The number of carbonyl (C=O) groups excluding carboxylic acids is 1. The Morgan fingerprint density at radius 3 is 2.45 bits per heavy atom. The number of nitrogens with one attached hydrogen (secondary N) is 2. The zero-order valence-electron chi connectivity index (χ0n) is 6.55. The fourth-order valence-corrected chi connectivity index (χ4v) is 0.578. The number of carboxylic acid groups (broad SMARTS) is 1. The van der Waals surface area contributed by atoms with Gasteiger partial charge in [-0.1, -0.05) is 0 Å². The molecule has 0 aromatic carbocycles. The molecule has 64 valence electrons. The average molecular weight is 160 g/mol. The third-order valence-corrected chi connectivity index (χ3v) is 1.08. The van der Waals surface area contributed by atoms with E-state index in [4.69, 9.17) is 5.11 Å². The van der Waals surface area contributed by atoms with Crippen molar-refractivity contribution in [1.82, 2.24) is 10.6 Å². The lowest BCUT2D eigenvalue weighted by Crippen LogP contribution is -2.44. The lowest BCUT2D eigenvalue weighted by Gasteiger charge is -2.09. The Morgan fingerprint density at radius 1 is 1.55 bits per heavy atom. The van der Waals surface area contributed by atoms with Crippen molar-refractivity contribution in [3.05, 3.63) is 0 Å². The van der Waals surface area contributed by atoms with E-state index >= 15 is 0 Å². The minimum Gasteiger partial charge on any atom is -0.465 e. The molecule has 0 aliphatic heterocycles. The van der Waals surface area contributed by atoms with Crippen molar-refractivity contribution < 1.29 is 14.7 Å². The predicted molar refractivity (Wildman–Crippen MR) is 39.3 cm³/mol. The summed E-state index contributed by atoms with van der Waals surface area (Å²) in [5.41, 5.74) is 0. The molecule has 0 aliphatic rings. The lowest BCUT2D eigenvalue weighted by atomic mass is 10.3. The molecule has 5 heteroatoms. The second-order valence-electron chi connectivity index (χ2n) is 2.07. The highest BCUT2D eigenvalue weighted by molar-refractivity contribution is 5.84. The second kappa shape index (κ2) is 4.54. The van der Waals surface area contributed by atoms with E-state index in [0.29, 0.717) is 6.54 Å². The van der Waals surface area contributed by atoms with Gasteiger partial charge >= 0.3 is 6.09 Å². The van der Waals surface area contributed by atoms with Gasteiger partial charge in [-0.3, -0.25) is 4.79 Å². The van der Waals surface area contributed by atoms with Gasteiger partial charge in [-0.25, -0.2) is 4.79 Å². The SMILES string of the molecule is CCNC(=O)C(C)NC(=O)O. The Labute approximate surface area is 64.8 Å². The van der Waals surface area contributed by atoms with Gasteiger partial charge in [0.2, 0.25) is 5.91 Å². The van der Waals surface area contributed by atoms with E-state index < -0.39 is 12.1 Å². The van der Waals surface area contributed by atoms with Crippen LogP contribution in [0.1, 0.15) is 13.8 Å². The van der Waals surface area contributed by atoms with E-state index in [1.807, 2.05) is 5.32 Å². The van der Waals surface area contributed by atoms with Crippen molar-refractivity contribution in [3.63, 3.8) is 0 Å². The van der Waals surface area contributed by atoms with Crippen molar-refractivity contribution in [1.29, 1.82) is 0 Å². The molecule has 0 aliphatic carbocycles. The van der Waals surface area contributed by atoms with Gasteiger partial charge in [-0.2, -0.15) is 0 Å². The zero-order chi connectivity index (χ0) is 8.85. The smallest absolute Gasteiger partial charge is 0.405 e. The quantitative estimate of drug-likeness (QED) is 0.534. The van der Waals surface area contributed by atoms with E-state index in [1.54, 1.807) is 6.92 Å². The van der Waals surface area contributed by atoms with E-state index in [1.165, 1.54) is 6.92 Å². The van der Waals surface area contributed by atoms with Crippen LogP contribution in [-0.2, 0) is 4.79 Å². The van der Waals surface area contributed by atoms with E-state index in [-0.39, 0.29) is 5.91 Å². The Bertz CT molecular complexity index is 158. The van der Waals surface area contributed by atoms with Crippen LogP contribution in [0.15, 0.2) is 0 Å². The maximum absolute atomic E-state index is 10.8. The average Bonchev–Trinajstić information content (AvgIpc) is 1.86. The van der Waals surface area contributed by atoms with Crippen LogP contribution in [0.4, 0.5) is 4.79 Å². The summed E-state index contributed by atoms with van der Waals surface area (Å²) >= 11 is 0. The van der Waals surface area contributed by atoms with Crippen LogP contribution in [0.3, 0.4) is 0 Å². The van der Waals surface area contributed by atoms with Crippen LogP contribution in [0.25, 0.3) is 0 Å². The maximum atomic E-state index is 10.8. The summed E-state index contributed by atoms with van der Waals surface area (Å²) < 4.78 is 0. The van der Waals surface area contributed by atoms with Crippen LogP contribution in [0.2, 0.25) is 0 Å². The fraction of sp³-hybridized carbons (Fsp3) is 0.667. The summed E-state index contributed by atoms with van der Waals surface area (Å²) in [5, 5.41) is 12.7. The van der Waals surface area contributed by atoms with Gasteiger partial charge in [0, 0.05) is 6.54 Å². The maximum Gasteiger partial charge on any atom is 0.405 e. The van der Waals surface area contributed by atoms with Gasteiger partial charge in [0.1, 0.15) is 6.04 Å². The number of hydrogen-bond donors (Lipinski definition) is 3. The lowest BCUT2D eigenvalue weighted by molar-refractivity contribution is -0.122. The standard InChI is InChI=1S/C6H12N2O3/c1-3-7-5(9)4(2)8-6(10)11/h4,8H,3H2,1-2H3,(H,7,9)(H,10,11). The van der Waals surface area contributed by atoms with Gasteiger partial charge in [0.25, 0.3) is 0 Å². The highest BCUT2D eigenvalue weighted by Gasteiger charge is 2.12. The number of carbonyl (C=O) groups is 2. The van der Waals surface area contributed by atoms with Crippen LogP contribution < -0.4 is 10.6 Å². The number of rotatable bonds is 3. The fourth-order valence-electron chi connectivity index (χ4n) is 0.578. The molecule has 11 heavy (non-hydrogen) atoms. The van der Waals surface area contributed by atoms with E-state index in [9.17, 15) is 9.59 Å². The van der Waals surface area contributed by atoms with E-state index in [0.717, 1.165) is 0 Å². The largest absolute Gasteiger partial charge is 0.465 e. The van der Waals surface area contributed by atoms with Gasteiger partial charge < -0.3 is 15.7 Å². The monoisotopic (exact) mass is 160 g/mol. The molecule has 0 saturated carbocycles. The normalized spacial score (nSPS) is 11.8. The zero-order valence-corrected chi connectivity index (χ0v) is 6.55. The highest BCUT2D eigenvalue weighted by Crippen LogP contribution is 1.80. The molecule has 0 saturated heterocycles. The minimum atomic E-state index is -1.19. The molecule has 0 rings (SSSR count). The molecular formula is C6H12N2O3. The van der Waals surface area contributed by atoms with Crippen molar-refractivity contribution >= 4 is 12.0 Å². The van der Waals surface area contributed by atoms with Crippen molar-refractivity contribution in [3.8, 4) is 0 Å². The topological polar surface area (TPSA) is 78.4 Å². The van der Waals surface area contributed by atoms with Crippen LogP contribution in [0.5, 0.6) is 0 Å². The van der Waals surface area contributed by atoms with Crippen LogP contribution in [0, 0.1) is 0 Å². The summed E-state index contributed by atoms with van der Waals surface area (Å²) in [7, 11) is 0. The van der Waals surface area contributed by atoms with Crippen molar-refractivity contribution in [2.24, 2.45) is 0 Å². The number of amides is 2. The summed E-state index contributed by atoms with van der Waals surface area (Å²) in [4.78, 5) is 20.9. The summed E-state index contributed by atoms with van der Waals surface area (Å²) in [6, 6.07) is -0.688. The first-order valence-corrected chi connectivity index (χ1v) is 3.35. The molecule has 3 N–H and O–H groups in total. The first-order valence-electron chi connectivity index (χ1n) is 3.35. The van der Waals surface area contributed by atoms with Crippen LogP contribution in [-0.4, -0.2) is 29.7 Å². The summed E-state index contributed by atoms with van der Waals surface area (Å²) in [6.45, 7) is 3.76. The first-order chi connectivity index (χ1) is 5.07. The molecule has 0 fully saturated rings. The number of hydrogen-bond acceptors (Lipinski definition) is 2. The summed E-state index contributed by atoms with van der Waals surface area (Å²) in [6.07, 6.45) is -1.19. The van der Waals surface area contributed by atoms with Crippen molar-refractivity contribution in [2.75, 3.05) is 6.54 Å². The third kappa shape index (κ3) is 4.19.